The van der Waals surface area contributed by atoms with Gasteiger partial charge in [0.15, 0.2) is 5.82 Å². The third kappa shape index (κ3) is 4.49. The van der Waals surface area contributed by atoms with Crippen molar-refractivity contribution in [3.8, 4) is 45.0 Å². The lowest BCUT2D eigenvalue weighted by Gasteiger charge is -2.12. The van der Waals surface area contributed by atoms with E-state index in [0.717, 1.165) is 93.7 Å². The van der Waals surface area contributed by atoms with Crippen molar-refractivity contribution >= 4 is 54.5 Å². The highest BCUT2D eigenvalue weighted by atomic mass is 16.3. The molecule has 0 unspecified atom stereocenters. The highest BCUT2D eigenvalue weighted by molar-refractivity contribution is 6.24. The second-order valence-corrected chi connectivity index (χ2v) is 12.4. The number of para-hydroxylation sites is 3. The predicted octanol–water partition coefficient (Wildman–Crippen LogP) is 11.9. The lowest BCUT2D eigenvalue weighted by atomic mass is 9.95. The standard InChI is InChI=1S/C45H27N3O/c1-2-11-29(12-3-1)42-36-17-5-8-19-39(36)47-45(48-42)30-23-21-28(22-24-30)31-13-10-14-32(27-31)43-37-26-25-34-33-15-6-9-20-40(33)49-44(34)41(37)35-16-4-7-18-38(35)46-43/h1-27H. The number of rotatable bonds is 4. The van der Waals surface area contributed by atoms with Crippen molar-refractivity contribution < 1.29 is 4.42 Å². The fourth-order valence-electron chi connectivity index (χ4n) is 7.12. The van der Waals surface area contributed by atoms with E-state index < -0.39 is 0 Å². The Labute approximate surface area is 282 Å². The summed E-state index contributed by atoms with van der Waals surface area (Å²) in [6.07, 6.45) is 0. The third-order valence-electron chi connectivity index (χ3n) is 9.47. The molecule has 10 rings (SSSR count). The molecular formula is C45H27N3O. The van der Waals surface area contributed by atoms with Gasteiger partial charge in [0.2, 0.25) is 0 Å². The summed E-state index contributed by atoms with van der Waals surface area (Å²) in [5.41, 5.74) is 10.9. The van der Waals surface area contributed by atoms with Gasteiger partial charge in [0.1, 0.15) is 11.2 Å². The van der Waals surface area contributed by atoms with Crippen LogP contribution in [-0.2, 0) is 0 Å². The Balaban J connectivity index is 1.08. The van der Waals surface area contributed by atoms with E-state index in [0.29, 0.717) is 5.82 Å². The van der Waals surface area contributed by atoms with E-state index in [9.17, 15) is 0 Å². The zero-order valence-electron chi connectivity index (χ0n) is 26.3. The minimum atomic E-state index is 0.710. The van der Waals surface area contributed by atoms with Gasteiger partial charge in [0.25, 0.3) is 0 Å². The molecule has 0 saturated carbocycles. The van der Waals surface area contributed by atoms with Crippen LogP contribution in [0.2, 0.25) is 0 Å². The monoisotopic (exact) mass is 625 g/mol. The Morgan fingerprint density at radius 2 is 0.959 bits per heavy atom. The minimum absolute atomic E-state index is 0.710. The molecule has 49 heavy (non-hydrogen) atoms. The summed E-state index contributed by atoms with van der Waals surface area (Å²) in [5.74, 6) is 0.710. The van der Waals surface area contributed by atoms with Gasteiger partial charge in [-0.3, -0.25) is 0 Å². The summed E-state index contributed by atoms with van der Waals surface area (Å²) in [5, 5.41) is 6.53. The maximum Gasteiger partial charge on any atom is 0.160 e. The zero-order valence-corrected chi connectivity index (χ0v) is 26.3. The van der Waals surface area contributed by atoms with Crippen molar-refractivity contribution in [1.82, 2.24) is 15.0 Å². The van der Waals surface area contributed by atoms with Crippen molar-refractivity contribution in [2.45, 2.75) is 0 Å². The largest absolute Gasteiger partial charge is 0.455 e. The Bertz CT molecular complexity index is 2870. The summed E-state index contributed by atoms with van der Waals surface area (Å²) in [6.45, 7) is 0. The first-order valence-corrected chi connectivity index (χ1v) is 16.4. The molecule has 0 spiro atoms. The molecular weight excluding hydrogens is 599 g/mol. The summed E-state index contributed by atoms with van der Waals surface area (Å²) >= 11 is 0. The fourth-order valence-corrected chi connectivity index (χ4v) is 7.12. The first kappa shape index (κ1) is 27.5. The van der Waals surface area contributed by atoms with Crippen molar-refractivity contribution in [2.75, 3.05) is 0 Å². The van der Waals surface area contributed by atoms with E-state index in [1.807, 2.05) is 48.5 Å². The second kappa shape index (κ2) is 11.0. The fraction of sp³-hybridized carbons (Fsp3) is 0. The average Bonchev–Trinajstić information content (AvgIpc) is 3.56. The molecule has 0 atom stereocenters. The predicted molar refractivity (Wildman–Crippen MR) is 201 cm³/mol. The van der Waals surface area contributed by atoms with E-state index in [1.54, 1.807) is 0 Å². The Kier molecular flexibility index (Phi) is 6.15. The van der Waals surface area contributed by atoms with Crippen LogP contribution in [0.5, 0.6) is 0 Å². The van der Waals surface area contributed by atoms with Crippen LogP contribution in [0.4, 0.5) is 0 Å². The third-order valence-corrected chi connectivity index (χ3v) is 9.47. The summed E-state index contributed by atoms with van der Waals surface area (Å²) < 4.78 is 6.52. The Hall–Kier alpha value is -6.65. The molecule has 3 heterocycles. The molecule has 0 bridgehead atoms. The van der Waals surface area contributed by atoms with Gasteiger partial charge in [-0.2, -0.15) is 0 Å². The number of hydrogen-bond donors (Lipinski definition) is 0. The number of pyridine rings is 1. The van der Waals surface area contributed by atoms with Gasteiger partial charge >= 0.3 is 0 Å². The van der Waals surface area contributed by atoms with Gasteiger partial charge in [0.05, 0.1) is 22.4 Å². The van der Waals surface area contributed by atoms with Crippen molar-refractivity contribution in [3.63, 3.8) is 0 Å². The van der Waals surface area contributed by atoms with Crippen LogP contribution < -0.4 is 0 Å². The molecule has 7 aromatic carbocycles. The molecule has 4 nitrogen and oxygen atoms in total. The maximum absolute atomic E-state index is 6.52. The topological polar surface area (TPSA) is 51.8 Å². The van der Waals surface area contributed by atoms with E-state index >= 15 is 0 Å². The molecule has 10 aromatic rings. The van der Waals surface area contributed by atoms with E-state index in [2.05, 4.69) is 115 Å². The molecule has 4 heteroatoms. The van der Waals surface area contributed by atoms with Crippen LogP contribution in [0.1, 0.15) is 0 Å². The molecule has 0 amide bonds. The summed E-state index contributed by atoms with van der Waals surface area (Å²) in [6, 6.07) is 56.6. The first-order chi connectivity index (χ1) is 24.3. The molecule has 3 aromatic heterocycles. The van der Waals surface area contributed by atoms with Crippen LogP contribution in [-0.4, -0.2) is 15.0 Å². The van der Waals surface area contributed by atoms with Gasteiger partial charge in [-0.25, -0.2) is 15.0 Å². The van der Waals surface area contributed by atoms with Gasteiger partial charge in [-0.1, -0.05) is 133 Å². The number of furan rings is 1. The SMILES string of the molecule is c1ccc(-c2nc(-c3ccc(-c4cccc(-c5nc6ccccc6c6c5ccc5c7ccccc7oc56)c4)cc3)nc3ccccc23)cc1. The number of benzene rings is 7. The van der Waals surface area contributed by atoms with E-state index in [-0.39, 0.29) is 0 Å². The normalized spacial score (nSPS) is 11.7. The molecule has 228 valence electrons. The first-order valence-electron chi connectivity index (χ1n) is 16.4. The Morgan fingerprint density at radius 1 is 0.347 bits per heavy atom. The molecule has 0 aliphatic carbocycles. The highest BCUT2D eigenvalue weighted by Crippen LogP contribution is 2.41. The van der Waals surface area contributed by atoms with Gasteiger partial charge in [0, 0.05) is 49.0 Å². The smallest absolute Gasteiger partial charge is 0.160 e. The van der Waals surface area contributed by atoms with Crippen molar-refractivity contribution in [1.29, 1.82) is 0 Å². The molecule has 0 saturated heterocycles. The summed E-state index contributed by atoms with van der Waals surface area (Å²) in [7, 11) is 0. The molecule has 0 aliphatic heterocycles. The molecule has 0 aliphatic rings. The van der Waals surface area contributed by atoms with Crippen LogP contribution in [0.25, 0.3) is 99.5 Å². The average molecular weight is 626 g/mol. The van der Waals surface area contributed by atoms with Crippen LogP contribution in [0.15, 0.2) is 168 Å². The maximum atomic E-state index is 6.52. The molecule has 0 N–H and O–H groups in total. The lowest BCUT2D eigenvalue weighted by molar-refractivity contribution is 0.673. The van der Waals surface area contributed by atoms with E-state index in [1.165, 1.54) is 0 Å². The number of nitrogens with zero attached hydrogens (tertiary/aromatic N) is 3. The van der Waals surface area contributed by atoms with Gasteiger partial charge in [-0.15, -0.1) is 0 Å². The quantitative estimate of drug-likeness (QED) is 0.183. The highest BCUT2D eigenvalue weighted by Gasteiger charge is 2.18. The number of aromatic nitrogens is 3. The van der Waals surface area contributed by atoms with Crippen LogP contribution in [0.3, 0.4) is 0 Å². The number of fused-ring (bicyclic) bond motifs is 8. The lowest BCUT2D eigenvalue weighted by Crippen LogP contribution is -1.95. The second-order valence-electron chi connectivity index (χ2n) is 12.4. The summed E-state index contributed by atoms with van der Waals surface area (Å²) in [4.78, 5) is 15.2. The van der Waals surface area contributed by atoms with E-state index in [4.69, 9.17) is 19.4 Å². The van der Waals surface area contributed by atoms with Gasteiger partial charge < -0.3 is 4.42 Å². The van der Waals surface area contributed by atoms with Crippen molar-refractivity contribution in [2.24, 2.45) is 0 Å². The Morgan fingerprint density at radius 3 is 1.80 bits per heavy atom. The molecule has 0 radical (unpaired) electrons. The van der Waals surface area contributed by atoms with Gasteiger partial charge in [-0.05, 0) is 41.5 Å². The number of hydrogen-bond acceptors (Lipinski definition) is 4. The molecule has 0 fully saturated rings. The van der Waals surface area contributed by atoms with Crippen LogP contribution >= 0.6 is 0 Å². The zero-order chi connectivity index (χ0) is 32.3. The van der Waals surface area contributed by atoms with Crippen LogP contribution in [0, 0.1) is 0 Å². The minimum Gasteiger partial charge on any atom is -0.455 e. The van der Waals surface area contributed by atoms with Crippen molar-refractivity contribution in [3.05, 3.63) is 164 Å².